The molecule has 25 heavy (non-hydrogen) atoms. The van der Waals surface area contributed by atoms with E-state index in [4.69, 9.17) is 0 Å². The van der Waals surface area contributed by atoms with Crippen LogP contribution < -0.4 is 4.13 Å². The molecule has 0 aromatic rings. The summed E-state index contributed by atoms with van der Waals surface area (Å²) in [5.41, 5.74) is -10.9. The van der Waals surface area contributed by atoms with Gasteiger partial charge in [0.25, 0.3) is 0 Å². The summed E-state index contributed by atoms with van der Waals surface area (Å²) < 4.78 is 108. The van der Waals surface area contributed by atoms with Crippen LogP contribution in [-0.2, 0) is 20.0 Å². The van der Waals surface area contributed by atoms with Crippen LogP contribution in [0.15, 0.2) is 11.8 Å². The quantitative estimate of drug-likeness (QED) is 0.699. The Labute approximate surface area is 141 Å². The average molecular weight is 421 g/mol. The number of rotatable bonds is 3. The fraction of sp³-hybridized carbons (Fsp3) is 0.800. The van der Waals surface area contributed by atoms with Crippen LogP contribution in [-0.4, -0.2) is 57.5 Å². The first-order chi connectivity index (χ1) is 10.9. The summed E-state index contributed by atoms with van der Waals surface area (Å²) in [7, 11) is -11.1. The number of likely N-dealkylation sites (N-methyl/N-ethyl adjacent to an activating group) is 1. The number of allylic oxidation sites excluding steroid dienone is 1. The fourth-order valence-electron chi connectivity index (χ4n) is 1.76. The van der Waals surface area contributed by atoms with Crippen molar-refractivity contribution in [3.05, 3.63) is 11.8 Å². The number of sulfonamides is 2. The second kappa shape index (κ2) is 7.67. The van der Waals surface area contributed by atoms with E-state index in [1.165, 1.54) is 5.70 Å². The molecule has 150 valence electrons. The molecule has 1 aliphatic heterocycles. The van der Waals surface area contributed by atoms with E-state index in [9.17, 15) is 43.2 Å². The van der Waals surface area contributed by atoms with Crippen LogP contribution in [0.1, 0.15) is 20.8 Å². The van der Waals surface area contributed by atoms with E-state index in [1.807, 2.05) is 0 Å². The Morgan fingerprint density at radius 2 is 1.40 bits per heavy atom. The molecule has 0 spiro atoms. The van der Waals surface area contributed by atoms with E-state index in [0.29, 0.717) is 6.04 Å². The molecule has 1 rings (SSSR count). The van der Waals surface area contributed by atoms with Crippen LogP contribution in [0.4, 0.5) is 26.3 Å². The molecule has 1 atom stereocenters. The minimum atomic E-state index is -6.60. The Morgan fingerprint density at radius 3 is 1.56 bits per heavy atom. The minimum Gasteiger partial charge on any atom is -0.313 e. The molecule has 0 saturated heterocycles. The van der Waals surface area contributed by atoms with Crippen LogP contribution in [0.25, 0.3) is 0 Å². The second-order valence-corrected chi connectivity index (χ2v) is 8.42. The first kappa shape index (κ1) is 23.9. The summed E-state index contributed by atoms with van der Waals surface area (Å²) in [6.45, 7) is 7.63. The fourth-order valence-corrected chi connectivity index (χ4v) is 3.67. The van der Waals surface area contributed by atoms with Gasteiger partial charge >= 0.3 is 31.1 Å². The minimum absolute atomic E-state index is 0.493. The van der Waals surface area contributed by atoms with Crippen molar-refractivity contribution >= 4 is 20.0 Å². The molecular weight excluding hydrogens is 404 g/mol. The van der Waals surface area contributed by atoms with Gasteiger partial charge in [0.05, 0.1) is 0 Å². The van der Waals surface area contributed by atoms with Crippen molar-refractivity contribution < 1.29 is 43.2 Å². The SMILES string of the molecule is CCN1C(C)C=C(C)N1C.O=S(=O)(NS(=O)(=O)C(F)(F)F)C(F)(F)F. The van der Waals surface area contributed by atoms with Gasteiger partial charge in [0, 0.05) is 25.3 Å². The Morgan fingerprint density at radius 1 is 1.04 bits per heavy atom. The van der Waals surface area contributed by atoms with Crippen LogP contribution in [0.2, 0.25) is 0 Å². The Balaban J connectivity index is 0.000000496. The zero-order chi connectivity index (χ0) is 20.4. The van der Waals surface area contributed by atoms with E-state index >= 15 is 0 Å². The molecule has 0 aromatic carbocycles. The Kier molecular flexibility index (Phi) is 7.35. The van der Waals surface area contributed by atoms with Gasteiger partial charge < -0.3 is 5.01 Å². The summed E-state index contributed by atoms with van der Waals surface area (Å²) in [6, 6.07) is 0.579. The lowest BCUT2D eigenvalue weighted by molar-refractivity contribution is -0.0476. The van der Waals surface area contributed by atoms with Crippen molar-refractivity contribution in [2.24, 2.45) is 0 Å². The van der Waals surface area contributed by atoms with Crippen molar-refractivity contribution in [3.63, 3.8) is 0 Å². The third-order valence-electron chi connectivity index (χ3n) is 3.00. The van der Waals surface area contributed by atoms with Crippen LogP contribution in [0.5, 0.6) is 0 Å². The van der Waals surface area contributed by atoms with E-state index in [1.54, 1.807) is 0 Å². The molecule has 15 heteroatoms. The summed E-state index contributed by atoms with van der Waals surface area (Å²) in [5, 5.41) is 4.54. The summed E-state index contributed by atoms with van der Waals surface area (Å²) in [4.78, 5) is 0. The normalized spacial score (nSPS) is 20.2. The monoisotopic (exact) mass is 421 g/mol. The van der Waals surface area contributed by atoms with Crippen molar-refractivity contribution in [2.75, 3.05) is 13.6 Å². The van der Waals surface area contributed by atoms with Crippen molar-refractivity contribution in [1.82, 2.24) is 14.1 Å². The van der Waals surface area contributed by atoms with Gasteiger partial charge in [-0.2, -0.15) is 26.3 Å². The van der Waals surface area contributed by atoms with Gasteiger partial charge in [-0.15, -0.1) is 0 Å². The van der Waals surface area contributed by atoms with Gasteiger partial charge in [-0.1, -0.05) is 11.1 Å². The molecule has 0 fully saturated rings. The highest BCUT2D eigenvalue weighted by Gasteiger charge is 2.55. The Hall–Kier alpha value is -1.06. The van der Waals surface area contributed by atoms with E-state index in [2.05, 4.69) is 43.9 Å². The number of alkyl halides is 6. The topological polar surface area (TPSA) is 86.8 Å². The first-order valence-corrected chi connectivity index (χ1v) is 9.44. The van der Waals surface area contributed by atoms with Crippen LogP contribution in [0.3, 0.4) is 0 Å². The van der Waals surface area contributed by atoms with Gasteiger partial charge in [-0.05, 0) is 19.9 Å². The Bertz CT molecular complexity index is 657. The molecule has 1 N–H and O–H groups in total. The second-order valence-electron chi connectivity index (χ2n) is 4.81. The zero-order valence-electron chi connectivity index (χ0n) is 13.5. The molecule has 1 unspecified atom stereocenters. The third-order valence-corrected chi connectivity index (χ3v) is 5.98. The molecule has 7 nitrogen and oxygen atoms in total. The molecule has 0 amide bonds. The van der Waals surface area contributed by atoms with E-state index < -0.39 is 35.2 Å². The van der Waals surface area contributed by atoms with E-state index in [-0.39, 0.29) is 0 Å². The molecule has 0 radical (unpaired) electrons. The van der Waals surface area contributed by atoms with Crippen LogP contribution >= 0.6 is 0 Å². The van der Waals surface area contributed by atoms with Crippen molar-refractivity contribution in [1.29, 1.82) is 0 Å². The largest absolute Gasteiger partial charge is 0.512 e. The third kappa shape index (κ3) is 6.00. The van der Waals surface area contributed by atoms with Gasteiger partial charge in [0.2, 0.25) is 0 Å². The molecular formula is C10H17F6N3O4S2. The van der Waals surface area contributed by atoms with E-state index in [0.717, 1.165) is 6.54 Å². The summed E-state index contributed by atoms with van der Waals surface area (Å²) >= 11 is 0. The lowest BCUT2D eigenvalue weighted by Crippen LogP contribution is -2.45. The maximum Gasteiger partial charge on any atom is 0.512 e. The molecule has 0 bridgehead atoms. The first-order valence-electron chi connectivity index (χ1n) is 6.47. The summed E-state index contributed by atoms with van der Waals surface area (Å²) in [6.07, 6.45) is 2.28. The van der Waals surface area contributed by atoms with Gasteiger partial charge in [0.1, 0.15) is 0 Å². The lowest BCUT2D eigenvalue weighted by atomic mass is 10.3. The highest BCUT2D eigenvalue weighted by Crippen LogP contribution is 2.27. The maximum absolute atomic E-state index is 11.5. The molecule has 0 aliphatic carbocycles. The molecule has 0 saturated carbocycles. The van der Waals surface area contributed by atoms with Crippen molar-refractivity contribution in [3.8, 4) is 0 Å². The van der Waals surface area contributed by atoms with Crippen LogP contribution in [0, 0.1) is 0 Å². The number of hydrogen-bond acceptors (Lipinski definition) is 6. The average Bonchev–Trinajstić information content (AvgIpc) is 2.59. The van der Waals surface area contributed by atoms with Gasteiger partial charge in [0.15, 0.2) is 0 Å². The molecule has 1 aliphatic rings. The number of hydrogen-bond donors (Lipinski definition) is 1. The van der Waals surface area contributed by atoms with Gasteiger partial charge in [-0.25, -0.2) is 21.8 Å². The number of nitrogens with zero attached hydrogens (tertiary/aromatic N) is 2. The highest BCUT2D eigenvalue weighted by atomic mass is 32.3. The maximum atomic E-state index is 11.5. The standard InChI is InChI=1S/C8H16N2.C2HF6NO4S2/c1-5-10-8(3)6-7(2)9(10)4;3-1(4,5)14(10,11)9-15(12,13)2(6,7)8/h6,8H,5H2,1-4H3;9H. The number of halogens is 6. The predicted molar refractivity (Wildman–Crippen MR) is 76.4 cm³/mol. The number of hydrazine groups is 1. The highest BCUT2D eigenvalue weighted by molar-refractivity contribution is 8.05. The van der Waals surface area contributed by atoms with Crippen molar-refractivity contribution in [2.45, 2.75) is 37.8 Å². The lowest BCUT2D eigenvalue weighted by Gasteiger charge is -2.29. The predicted octanol–water partition coefficient (Wildman–Crippen LogP) is 1.74. The molecule has 1 heterocycles. The van der Waals surface area contributed by atoms with Gasteiger partial charge in [-0.3, -0.25) is 0 Å². The smallest absolute Gasteiger partial charge is 0.313 e. The molecule has 0 aromatic heterocycles. The zero-order valence-corrected chi connectivity index (χ0v) is 15.1. The number of nitrogens with one attached hydrogen (secondary N) is 1. The summed E-state index contributed by atoms with van der Waals surface area (Å²) in [5.74, 6) is 0.